The van der Waals surface area contributed by atoms with E-state index in [2.05, 4.69) is 16.5 Å². The lowest BCUT2D eigenvalue weighted by atomic mass is 9.95. The molecule has 1 aromatic heterocycles. The summed E-state index contributed by atoms with van der Waals surface area (Å²) in [6.07, 6.45) is 3.70. The van der Waals surface area contributed by atoms with Gasteiger partial charge in [-0.05, 0) is 36.8 Å². The van der Waals surface area contributed by atoms with E-state index in [9.17, 15) is 0 Å². The molecule has 0 amide bonds. The van der Waals surface area contributed by atoms with Crippen LogP contribution in [0.15, 0.2) is 6.07 Å². The molecule has 15 heavy (non-hydrogen) atoms. The Balaban J connectivity index is 2.18. The molecule has 1 saturated carbocycles. The van der Waals surface area contributed by atoms with Crippen LogP contribution in [0.25, 0.3) is 0 Å². The first kappa shape index (κ1) is 8.69. The minimum atomic E-state index is 0.517. The van der Waals surface area contributed by atoms with Crippen molar-refractivity contribution in [2.45, 2.75) is 31.1 Å². The Morgan fingerprint density at radius 2 is 2.27 bits per heavy atom. The molecule has 2 unspecified atom stereocenters. The molecule has 4 heteroatoms. The van der Waals surface area contributed by atoms with Crippen LogP contribution in [0.2, 0.25) is 0 Å². The van der Waals surface area contributed by atoms with Gasteiger partial charge in [-0.3, -0.25) is 0 Å². The van der Waals surface area contributed by atoms with Gasteiger partial charge in [0.15, 0.2) is 5.82 Å². The average molecular weight is 200 g/mol. The van der Waals surface area contributed by atoms with E-state index in [1.54, 1.807) is 0 Å². The molecule has 1 heterocycles. The SMILES string of the molecule is N#Cc1cc2c(nc1NN)C1CCC2C1. The van der Waals surface area contributed by atoms with Gasteiger partial charge in [0.25, 0.3) is 0 Å². The maximum Gasteiger partial charge on any atom is 0.158 e. The molecule has 2 aliphatic rings. The molecular formula is C11H12N4. The summed E-state index contributed by atoms with van der Waals surface area (Å²) in [7, 11) is 0. The molecule has 0 saturated heterocycles. The predicted octanol–water partition coefficient (Wildman–Crippen LogP) is 1.60. The van der Waals surface area contributed by atoms with Gasteiger partial charge < -0.3 is 5.43 Å². The molecule has 0 radical (unpaired) electrons. The zero-order valence-electron chi connectivity index (χ0n) is 8.33. The van der Waals surface area contributed by atoms with Gasteiger partial charge in [-0.25, -0.2) is 10.8 Å². The number of nitriles is 1. The zero-order chi connectivity index (χ0) is 10.4. The van der Waals surface area contributed by atoms with Crippen molar-refractivity contribution >= 4 is 5.82 Å². The smallest absolute Gasteiger partial charge is 0.158 e. The van der Waals surface area contributed by atoms with Crippen LogP contribution in [0.4, 0.5) is 5.82 Å². The Morgan fingerprint density at radius 1 is 1.47 bits per heavy atom. The highest BCUT2D eigenvalue weighted by Crippen LogP contribution is 2.52. The highest BCUT2D eigenvalue weighted by Gasteiger charge is 2.38. The Hall–Kier alpha value is -1.60. The number of fused-ring (bicyclic) bond motifs is 5. The third kappa shape index (κ3) is 1.07. The molecule has 2 aliphatic carbocycles. The van der Waals surface area contributed by atoms with Crippen LogP contribution >= 0.6 is 0 Å². The highest BCUT2D eigenvalue weighted by molar-refractivity contribution is 5.56. The van der Waals surface area contributed by atoms with Gasteiger partial charge in [0.2, 0.25) is 0 Å². The summed E-state index contributed by atoms with van der Waals surface area (Å²) in [6, 6.07) is 4.09. The maximum absolute atomic E-state index is 8.97. The van der Waals surface area contributed by atoms with E-state index in [0.29, 0.717) is 23.2 Å². The average Bonchev–Trinajstić information content (AvgIpc) is 2.88. The van der Waals surface area contributed by atoms with Gasteiger partial charge in [0.05, 0.1) is 5.56 Å². The minimum Gasteiger partial charge on any atom is -0.307 e. The molecule has 0 aliphatic heterocycles. The Kier molecular flexibility index (Phi) is 1.70. The summed E-state index contributed by atoms with van der Waals surface area (Å²) in [6.45, 7) is 0. The van der Waals surface area contributed by atoms with E-state index in [0.717, 1.165) is 0 Å². The van der Waals surface area contributed by atoms with Gasteiger partial charge in [-0.1, -0.05) is 0 Å². The zero-order valence-corrected chi connectivity index (χ0v) is 8.33. The van der Waals surface area contributed by atoms with Gasteiger partial charge in [0, 0.05) is 11.6 Å². The van der Waals surface area contributed by atoms with Gasteiger partial charge in [0.1, 0.15) is 6.07 Å². The van der Waals surface area contributed by atoms with Crippen molar-refractivity contribution in [3.63, 3.8) is 0 Å². The fraction of sp³-hybridized carbons (Fsp3) is 0.455. The lowest BCUT2D eigenvalue weighted by Gasteiger charge is -2.15. The number of hydrazine groups is 1. The van der Waals surface area contributed by atoms with Gasteiger partial charge in [-0.15, -0.1) is 0 Å². The molecule has 4 nitrogen and oxygen atoms in total. The van der Waals surface area contributed by atoms with Crippen molar-refractivity contribution in [1.29, 1.82) is 5.26 Å². The summed E-state index contributed by atoms with van der Waals surface area (Å²) < 4.78 is 0. The van der Waals surface area contributed by atoms with Gasteiger partial charge in [-0.2, -0.15) is 5.26 Å². The third-order valence-corrected chi connectivity index (χ3v) is 3.60. The molecule has 1 aromatic rings. The van der Waals surface area contributed by atoms with E-state index < -0.39 is 0 Å². The fourth-order valence-electron chi connectivity index (χ4n) is 2.90. The standard InChI is InChI=1S/C11H12N4/c12-5-8-4-9-6-1-2-7(3-6)10(9)14-11(8)15-13/h4,6-7H,1-3,13H2,(H,14,15). The van der Waals surface area contributed by atoms with E-state index >= 15 is 0 Å². The lowest BCUT2D eigenvalue weighted by molar-refractivity contribution is 0.697. The highest BCUT2D eigenvalue weighted by atomic mass is 15.3. The molecular weight excluding hydrogens is 188 g/mol. The molecule has 0 spiro atoms. The Morgan fingerprint density at radius 3 is 3.00 bits per heavy atom. The first-order valence-electron chi connectivity index (χ1n) is 5.25. The van der Waals surface area contributed by atoms with Crippen LogP contribution in [-0.4, -0.2) is 4.98 Å². The number of anilines is 1. The van der Waals surface area contributed by atoms with Crippen molar-refractivity contribution in [2.24, 2.45) is 5.84 Å². The number of pyridine rings is 1. The Bertz CT molecular complexity index is 460. The minimum absolute atomic E-state index is 0.517. The molecule has 2 bridgehead atoms. The van der Waals surface area contributed by atoms with E-state index in [1.807, 2.05) is 6.07 Å². The molecule has 3 N–H and O–H groups in total. The van der Waals surface area contributed by atoms with Crippen molar-refractivity contribution in [3.8, 4) is 6.07 Å². The van der Waals surface area contributed by atoms with Crippen LogP contribution in [0.1, 0.15) is 47.9 Å². The molecule has 2 atom stereocenters. The normalized spacial score (nSPS) is 26.1. The number of hydrogen-bond acceptors (Lipinski definition) is 4. The topological polar surface area (TPSA) is 74.7 Å². The number of nitrogens with two attached hydrogens (primary N) is 1. The molecule has 3 rings (SSSR count). The van der Waals surface area contributed by atoms with Crippen molar-refractivity contribution < 1.29 is 0 Å². The summed E-state index contributed by atoms with van der Waals surface area (Å²) in [5, 5.41) is 8.97. The predicted molar refractivity (Wildman–Crippen MR) is 56.1 cm³/mol. The number of nitrogen functional groups attached to an aromatic ring is 1. The summed E-state index contributed by atoms with van der Waals surface area (Å²) >= 11 is 0. The number of aromatic nitrogens is 1. The summed E-state index contributed by atoms with van der Waals surface area (Å²) in [5.41, 5.74) is 5.51. The second-order valence-corrected chi connectivity index (χ2v) is 4.32. The number of hydrogen-bond donors (Lipinski definition) is 2. The molecule has 1 fully saturated rings. The third-order valence-electron chi connectivity index (χ3n) is 3.60. The van der Waals surface area contributed by atoms with Gasteiger partial charge >= 0.3 is 0 Å². The van der Waals surface area contributed by atoms with Crippen LogP contribution in [0.5, 0.6) is 0 Å². The monoisotopic (exact) mass is 200 g/mol. The first-order chi connectivity index (χ1) is 7.33. The number of rotatable bonds is 1. The summed E-state index contributed by atoms with van der Waals surface area (Å²) in [4.78, 5) is 4.47. The maximum atomic E-state index is 8.97. The summed E-state index contributed by atoms with van der Waals surface area (Å²) in [5.74, 6) is 7.11. The van der Waals surface area contributed by atoms with E-state index in [4.69, 9.17) is 11.1 Å². The molecule has 0 aromatic carbocycles. The van der Waals surface area contributed by atoms with Crippen molar-refractivity contribution in [3.05, 3.63) is 22.9 Å². The lowest BCUT2D eigenvalue weighted by Crippen LogP contribution is -2.13. The number of nitrogens with zero attached hydrogens (tertiary/aromatic N) is 2. The van der Waals surface area contributed by atoms with E-state index in [-0.39, 0.29) is 0 Å². The van der Waals surface area contributed by atoms with Crippen LogP contribution in [0.3, 0.4) is 0 Å². The first-order valence-corrected chi connectivity index (χ1v) is 5.25. The van der Waals surface area contributed by atoms with E-state index in [1.165, 1.54) is 30.5 Å². The Labute approximate surface area is 88.1 Å². The molecule has 76 valence electrons. The van der Waals surface area contributed by atoms with Crippen LogP contribution in [0, 0.1) is 11.3 Å². The quantitative estimate of drug-likeness (QED) is 0.533. The second kappa shape index (κ2) is 2.94. The number of nitrogens with one attached hydrogen (secondary N) is 1. The largest absolute Gasteiger partial charge is 0.307 e. The van der Waals surface area contributed by atoms with Crippen molar-refractivity contribution in [2.75, 3.05) is 5.43 Å². The van der Waals surface area contributed by atoms with Crippen molar-refractivity contribution in [1.82, 2.24) is 4.98 Å². The van der Waals surface area contributed by atoms with Crippen LogP contribution < -0.4 is 11.3 Å². The second-order valence-electron chi connectivity index (χ2n) is 4.32. The fourth-order valence-corrected chi connectivity index (χ4v) is 2.90. The van der Waals surface area contributed by atoms with Crippen LogP contribution in [-0.2, 0) is 0 Å².